The molecule has 0 N–H and O–H groups in total. The fourth-order valence-corrected chi connectivity index (χ4v) is 10.9. The summed E-state index contributed by atoms with van der Waals surface area (Å²) in [5, 5.41) is 10.9. The molecule has 65 heavy (non-hydrogen) atoms. The van der Waals surface area contributed by atoms with E-state index >= 15 is 0 Å². The number of anilines is 6. The first-order valence-electron chi connectivity index (χ1n) is 22.4. The predicted octanol–water partition coefficient (Wildman–Crippen LogP) is 13.7. The Bertz CT molecular complexity index is 3720. The SMILES string of the molecule is c1ccc(-c2nc(-c3cc4c5c(c3)N(c3ccccc3)c3cc6c(ccc7ccccc76)cc3B5c3cc5ccc6ccccc6c5cc3N4c3ccccc3)nc3ccccc23)cc1. The van der Waals surface area contributed by atoms with Crippen molar-refractivity contribution in [3.8, 4) is 22.6 Å². The van der Waals surface area contributed by atoms with E-state index in [0.717, 1.165) is 50.5 Å². The highest BCUT2D eigenvalue weighted by Gasteiger charge is 2.44. The normalized spacial score (nSPS) is 12.8. The van der Waals surface area contributed by atoms with Crippen LogP contribution in [0.25, 0.3) is 76.6 Å². The molecule has 14 rings (SSSR count). The summed E-state index contributed by atoms with van der Waals surface area (Å²) in [7, 11) is 0. The van der Waals surface area contributed by atoms with Gasteiger partial charge in [-0.25, -0.2) is 9.97 Å². The van der Waals surface area contributed by atoms with Crippen LogP contribution in [-0.2, 0) is 0 Å². The molecule has 2 aliphatic heterocycles. The van der Waals surface area contributed by atoms with Crippen molar-refractivity contribution in [2.75, 3.05) is 9.80 Å². The number of aromatic nitrogens is 2. The van der Waals surface area contributed by atoms with Crippen LogP contribution in [0.2, 0.25) is 0 Å². The standard InChI is InChI=1S/C60H37BN4/c1-4-18-40(19-5-1)59-48-26-14-15-27-53(48)62-60(63-59)43-34-56-58-57(35-43)65(45-22-8-3-9-23-45)55-37-50-42(31-29-39-17-11-13-25-47(39)50)33-52(55)61(58)51-32-41-30-28-38-16-10-12-24-46(38)49(41)36-54(51)64(56)44-20-6-2-7-21-44/h1-37H. The first kappa shape index (κ1) is 36.0. The maximum absolute atomic E-state index is 5.49. The minimum absolute atomic E-state index is 0.0804. The van der Waals surface area contributed by atoms with Crippen LogP contribution >= 0.6 is 0 Å². The Morgan fingerprint density at radius 2 is 0.785 bits per heavy atom. The molecule has 1 aromatic heterocycles. The molecule has 0 saturated heterocycles. The van der Waals surface area contributed by atoms with Gasteiger partial charge in [0.2, 0.25) is 0 Å². The quantitative estimate of drug-likeness (QED) is 0.131. The first-order valence-corrected chi connectivity index (χ1v) is 22.4. The largest absolute Gasteiger partial charge is 0.311 e. The van der Waals surface area contributed by atoms with Crippen LogP contribution in [0.15, 0.2) is 224 Å². The lowest BCUT2D eigenvalue weighted by Gasteiger charge is -2.44. The molecular weight excluding hydrogens is 787 g/mol. The number of hydrogen-bond acceptors (Lipinski definition) is 4. The van der Waals surface area contributed by atoms with Crippen LogP contribution in [0.3, 0.4) is 0 Å². The van der Waals surface area contributed by atoms with Crippen molar-refractivity contribution in [2.45, 2.75) is 0 Å². The van der Waals surface area contributed by atoms with E-state index in [0.29, 0.717) is 5.82 Å². The first-order chi connectivity index (χ1) is 32.2. The van der Waals surface area contributed by atoms with Crippen LogP contribution in [-0.4, -0.2) is 16.7 Å². The molecule has 0 bridgehead atoms. The molecule has 0 amide bonds. The van der Waals surface area contributed by atoms with Gasteiger partial charge in [-0.3, -0.25) is 0 Å². The van der Waals surface area contributed by atoms with E-state index in [1.54, 1.807) is 0 Å². The summed E-state index contributed by atoms with van der Waals surface area (Å²) in [5.74, 6) is 0.685. The van der Waals surface area contributed by atoms with Gasteiger partial charge in [0.05, 0.1) is 11.2 Å². The molecule has 4 nitrogen and oxygen atoms in total. The van der Waals surface area contributed by atoms with Gasteiger partial charge in [0.25, 0.3) is 6.71 Å². The van der Waals surface area contributed by atoms with Crippen LogP contribution in [0.5, 0.6) is 0 Å². The predicted molar refractivity (Wildman–Crippen MR) is 274 cm³/mol. The Morgan fingerprint density at radius 3 is 1.34 bits per heavy atom. The molecule has 300 valence electrons. The second-order valence-corrected chi connectivity index (χ2v) is 17.3. The molecule has 0 unspecified atom stereocenters. The van der Waals surface area contributed by atoms with E-state index in [1.807, 2.05) is 0 Å². The fourth-order valence-electron chi connectivity index (χ4n) is 10.9. The number of nitrogens with zero attached hydrogens (tertiary/aromatic N) is 4. The van der Waals surface area contributed by atoms with Gasteiger partial charge in [0.15, 0.2) is 5.82 Å². The van der Waals surface area contributed by atoms with Crippen molar-refractivity contribution >= 4 is 111 Å². The van der Waals surface area contributed by atoms with Gasteiger partial charge in [-0.05, 0) is 114 Å². The third-order valence-corrected chi connectivity index (χ3v) is 13.7. The lowest BCUT2D eigenvalue weighted by atomic mass is 9.33. The van der Waals surface area contributed by atoms with Crippen LogP contribution in [0.1, 0.15) is 0 Å². The highest BCUT2D eigenvalue weighted by Crippen LogP contribution is 2.48. The molecular formula is C60H37BN4. The molecule has 0 atom stereocenters. The molecule has 12 aromatic rings. The van der Waals surface area contributed by atoms with E-state index in [4.69, 9.17) is 9.97 Å². The minimum atomic E-state index is -0.0804. The smallest absolute Gasteiger partial charge is 0.252 e. The summed E-state index contributed by atoms with van der Waals surface area (Å²) < 4.78 is 0. The number of para-hydroxylation sites is 3. The van der Waals surface area contributed by atoms with Crippen molar-refractivity contribution in [3.05, 3.63) is 224 Å². The zero-order valence-corrected chi connectivity index (χ0v) is 35.2. The molecule has 3 heterocycles. The molecule has 0 saturated carbocycles. The second kappa shape index (κ2) is 14.0. The second-order valence-electron chi connectivity index (χ2n) is 17.3. The maximum Gasteiger partial charge on any atom is 0.252 e. The van der Waals surface area contributed by atoms with Crippen molar-refractivity contribution in [1.29, 1.82) is 0 Å². The van der Waals surface area contributed by atoms with Crippen molar-refractivity contribution in [1.82, 2.24) is 9.97 Å². The number of benzene rings is 11. The van der Waals surface area contributed by atoms with Gasteiger partial charge in [-0.1, -0.05) is 170 Å². The van der Waals surface area contributed by atoms with Gasteiger partial charge in [-0.15, -0.1) is 0 Å². The van der Waals surface area contributed by atoms with Crippen molar-refractivity contribution in [3.63, 3.8) is 0 Å². The Hall–Kier alpha value is -8.54. The third-order valence-electron chi connectivity index (χ3n) is 13.7. The Labute approximate surface area is 376 Å². The van der Waals surface area contributed by atoms with E-state index in [2.05, 4.69) is 234 Å². The van der Waals surface area contributed by atoms with E-state index in [9.17, 15) is 0 Å². The zero-order valence-electron chi connectivity index (χ0n) is 35.2. The lowest BCUT2D eigenvalue weighted by Crippen LogP contribution is -2.61. The maximum atomic E-state index is 5.49. The monoisotopic (exact) mass is 824 g/mol. The Kier molecular flexibility index (Phi) is 7.75. The summed E-state index contributed by atoms with van der Waals surface area (Å²) in [6.45, 7) is -0.0804. The van der Waals surface area contributed by atoms with Crippen LogP contribution in [0.4, 0.5) is 34.1 Å². The molecule has 0 radical (unpaired) electrons. The molecule has 2 aliphatic rings. The summed E-state index contributed by atoms with van der Waals surface area (Å²) in [6.07, 6.45) is 0. The highest BCUT2D eigenvalue weighted by molar-refractivity contribution is 7.00. The van der Waals surface area contributed by atoms with E-state index in [1.165, 1.54) is 70.9 Å². The Morgan fingerprint density at radius 1 is 0.323 bits per heavy atom. The van der Waals surface area contributed by atoms with Crippen LogP contribution < -0.4 is 26.2 Å². The van der Waals surface area contributed by atoms with Gasteiger partial charge < -0.3 is 9.80 Å². The topological polar surface area (TPSA) is 32.3 Å². The molecule has 11 aromatic carbocycles. The summed E-state index contributed by atoms with van der Waals surface area (Å²) in [4.78, 5) is 15.9. The average molecular weight is 825 g/mol. The van der Waals surface area contributed by atoms with E-state index < -0.39 is 0 Å². The van der Waals surface area contributed by atoms with Gasteiger partial charge in [0, 0.05) is 50.6 Å². The summed E-state index contributed by atoms with van der Waals surface area (Å²) in [6, 6.07) is 81.9. The Balaban J connectivity index is 1.14. The molecule has 0 aliphatic carbocycles. The number of rotatable bonds is 4. The number of hydrogen-bond donors (Lipinski definition) is 0. The molecule has 0 spiro atoms. The molecule has 0 fully saturated rings. The van der Waals surface area contributed by atoms with Crippen molar-refractivity contribution in [2.24, 2.45) is 0 Å². The third kappa shape index (κ3) is 5.46. The van der Waals surface area contributed by atoms with Crippen LogP contribution in [0, 0.1) is 0 Å². The highest BCUT2D eigenvalue weighted by atomic mass is 15.2. The van der Waals surface area contributed by atoms with Gasteiger partial charge >= 0.3 is 0 Å². The average Bonchev–Trinajstić information content (AvgIpc) is 3.37. The lowest BCUT2D eigenvalue weighted by molar-refractivity contribution is 1.21. The number of fused-ring (bicyclic) bond motifs is 11. The molecule has 5 heteroatoms. The van der Waals surface area contributed by atoms with Gasteiger partial charge in [-0.2, -0.15) is 0 Å². The summed E-state index contributed by atoms with van der Waals surface area (Å²) in [5.41, 5.74) is 14.4. The van der Waals surface area contributed by atoms with E-state index in [-0.39, 0.29) is 6.71 Å². The van der Waals surface area contributed by atoms with Gasteiger partial charge in [0.1, 0.15) is 0 Å². The summed E-state index contributed by atoms with van der Waals surface area (Å²) >= 11 is 0. The minimum Gasteiger partial charge on any atom is -0.311 e. The van der Waals surface area contributed by atoms with Crippen molar-refractivity contribution < 1.29 is 0 Å². The fraction of sp³-hybridized carbons (Fsp3) is 0. The zero-order chi connectivity index (χ0) is 42.6.